The summed E-state index contributed by atoms with van der Waals surface area (Å²) in [4.78, 5) is 0. The first-order valence-corrected chi connectivity index (χ1v) is 7.56. The van der Waals surface area contributed by atoms with Crippen molar-refractivity contribution in [3.63, 3.8) is 0 Å². The summed E-state index contributed by atoms with van der Waals surface area (Å²) < 4.78 is 11.0. The van der Waals surface area contributed by atoms with Crippen LogP contribution in [0.5, 0.6) is 11.5 Å². The molecule has 0 radical (unpaired) electrons. The molecule has 0 aliphatic carbocycles. The summed E-state index contributed by atoms with van der Waals surface area (Å²) in [5.41, 5.74) is 2.06. The van der Waals surface area contributed by atoms with E-state index in [1.54, 1.807) is 7.11 Å². The number of para-hydroxylation sites is 2. The van der Waals surface area contributed by atoms with Gasteiger partial charge >= 0.3 is 0 Å². The fourth-order valence-electron chi connectivity index (χ4n) is 2.15. The summed E-state index contributed by atoms with van der Waals surface area (Å²) >= 11 is 0. The van der Waals surface area contributed by atoms with Gasteiger partial charge in [-0.25, -0.2) is 0 Å². The second-order valence-corrected chi connectivity index (χ2v) is 5.25. The van der Waals surface area contributed by atoms with Gasteiger partial charge < -0.3 is 20.1 Å². The van der Waals surface area contributed by atoms with Crippen molar-refractivity contribution in [2.24, 2.45) is 0 Å². The summed E-state index contributed by atoms with van der Waals surface area (Å²) in [7, 11) is 1.68. The minimum Gasteiger partial charge on any atom is -0.495 e. The Bertz CT molecular complexity index is 585. The zero-order valence-electron chi connectivity index (χ0n) is 13.4. The van der Waals surface area contributed by atoms with Crippen molar-refractivity contribution in [1.29, 1.82) is 0 Å². The van der Waals surface area contributed by atoms with E-state index in [-0.39, 0.29) is 6.10 Å². The van der Waals surface area contributed by atoms with Gasteiger partial charge in [0.25, 0.3) is 0 Å². The molecule has 0 fully saturated rings. The first-order valence-electron chi connectivity index (χ1n) is 7.56. The molecule has 2 aromatic carbocycles. The predicted octanol–water partition coefficient (Wildman–Crippen LogP) is 4.01. The number of anilines is 2. The zero-order chi connectivity index (χ0) is 15.8. The molecule has 0 saturated carbocycles. The van der Waals surface area contributed by atoms with E-state index in [2.05, 4.69) is 10.6 Å². The van der Waals surface area contributed by atoms with E-state index >= 15 is 0 Å². The van der Waals surface area contributed by atoms with Gasteiger partial charge in [0.1, 0.15) is 11.5 Å². The lowest BCUT2D eigenvalue weighted by molar-refractivity contribution is 0.242. The highest BCUT2D eigenvalue weighted by Crippen LogP contribution is 2.22. The number of nitrogens with one attached hydrogen (secondary N) is 2. The Morgan fingerprint density at radius 2 is 1.73 bits per heavy atom. The van der Waals surface area contributed by atoms with Crippen LogP contribution in [0, 0.1) is 0 Å². The van der Waals surface area contributed by atoms with E-state index in [9.17, 15) is 0 Å². The molecule has 0 spiro atoms. The lowest BCUT2D eigenvalue weighted by Crippen LogP contribution is -2.14. The van der Waals surface area contributed by atoms with E-state index in [0.29, 0.717) is 0 Å². The van der Waals surface area contributed by atoms with Crippen LogP contribution in [0.15, 0.2) is 48.5 Å². The van der Waals surface area contributed by atoms with Crippen molar-refractivity contribution >= 4 is 11.4 Å². The molecular formula is C18H24N2O2. The van der Waals surface area contributed by atoms with E-state index in [4.69, 9.17) is 9.47 Å². The van der Waals surface area contributed by atoms with Gasteiger partial charge in [-0.05, 0) is 38.1 Å². The van der Waals surface area contributed by atoms with Crippen LogP contribution in [-0.2, 0) is 0 Å². The molecule has 0 bridgehead atoms. The third-order valence-corrected chi connectivity index (χ3v) is 3.08. The van der Waals surface area contributed by atoms with Crippen molar-refractivity contribution in [2.75, 3.05) is 30.8 Å². The third kappa shape index (κ3) is 4.88. The maximum atomic E-state index is 5.69. The molecule has 0 aliphatic rings. The minimum atomic E-state index is 0.183. The van der Waals surface area contributed by atoms with Gasteiger partial charge in [0, 0.05) is 24.8 Å². The topological polar surface area (TPSA) is 42.5 Å². The molecule has 0 aromatic heterocycles. The lowest BCUT2D eigenvalue weighted by atomic mass is 10.3. The molecule has 2 rings (SSSR count). The van der Waals surface area contributed by atoms with Crippen LogP contribution in [0.1, 0.15) is 13.8 Å². The Hall–Kier alpha value is -2.36. The van der Waals surface area contributed by atoms with Crippen molar-refractivity contribution in [1.82, 2.24) is 0 Å². The SMILES string of the molecule is COc1ccccc1NCCNc1cccc(OC(C)C)c1. The minimum absolute atomic E-state index is 0.183. The van der Waals surface area contributed by atoms with Crippen LogP contribution in [0.3, 0.4) is 0 Å². The molecule has 2 aromatic rings. The molecule has 118 valence electrons. The molecule has 4 heteroatoms. The van der Waals surface area contributed by atoms with Crippen molar-refractivity contribution < 1.29 is 9.47 Å². The number of methoxy groups -OCH3 is 1. The highest BCUT2D eigenvalue weighted by molar-refractivity contribution is 5.56. The summed E-state index contributed by atoms with van der Waals surface area (Å²) in [5.74, 6) is 1.74. The number of benzene rings is 2. The fraction of sp³-hybridized carbons (Fsp3) is 0.333. The van der Waals surface area contributed by atoms with Gasteiger partial charge in [-0.15, -0.1) is 0 Å². The number of ether oxygens (including phenoxy) is 2. The quantitative estimate of drug-likeness (QED) is 0.723. The summed E-state index contributed by atoms with van der Waals surface area (Å²) in [6.45, 7) is 5.66. The molecule has 2 N–H and O–H groups in total. The molecular weight excluding hydrogens is 276 g/mol. The summed E-state index contributed by atoms with van der Waals surface area (Å²) in [5, 5.41) is 6.75. The third-order valence-electron chi connectivity index (χ3n) is 3.08. The standard InChI is InChI=1S/C18H24N2O2/c1-14(2)22-16-8-6-7-15(13-16)19-11-12-20-17-9-4-5-10-18(17)21-3/h4-10,13-14,19-20H,11-12H2,1-3H3. The Morgan fingerprint density at radius 1 is 0.955 bits per heavy atom. The first kappa shape index (κ1) is 16.0. The first-order chi connectivity index (χ1) is 10.7. The van der Waals surface area contributed by atoms with E-state index in [0.717, 1.165) is 36.0 Å². The molecule has 22 heavy (non-hydrogen) atoms. The van der Waals surface area contributed by atoms with E-state index in [1.165, 1.54) is 0 Å². The second kappa shape index (κ2) is 8.17. The zero-order valence-corrected chi connectivity index (χ0v) is 13.4. The molecule has 0 unspecified atom stereocenters. The van der Waals surface area contributed by atoms with Crippen molar-refractivity contribution in [2.45, 2.75) is 20.0 Å². The van der Waals surface area contributed by atoms with Gasteiger partial charge in [-0.2, -0.15) is 0 Å². The highest BCUT2D eigenvalue weighted by Gasteiger charge is 2.01. The van der Waals surface area contributed by atoms with Crippen LogP contribution in [-0.4, -0.2) is 26.3 Å². The van der Waals surface area contributed by atoms with Gasteiger partial charge in [-0.3, -0.25) is 0 Å². The summed E-state index contributed by atoms with van der Waals surface area (Å²) in [6, 6.07) is 15.9. The highest BCUT2D eigenvalue weighted by atomic mass is 16.5. The molecule has 0 amide bonds. The second-order valence-electron chi connectivity index (χ2n) is 5.25. The molecule has 0 atom stereocenters. The Morgan fingerprint density at radius 3 is 2.50 bits per heavy atom. The van der Waals surface area contributed by atoms with Crippen molar-refractivity contribution in [3.05, 3.63) is 48.5 Å². The van der Waals surface area contributed by atoms with Crippen LogP contribution < -0.4 is 20.1 Å². The normalized spacial score (nSPS) is 10.4. The maximum Gasteiger partial charge on any atom is 0.141 e. The lowest BCUT2D eigenvalue weighted by Gasteiger charge is -2.13. The smallest absolute Gasteiger partial charge is 0.141 e. The Kier molecular flexibility index (Phi) is 5.95. The maximum absolute atomic E-state index is 5.69. The van der Waals surface area contributed by atoms with E-state index in [1.807, 2.05) is 62.4 Å². The van der Waals surface area contributed by atoms with Crippen LogP contribution in [0.25, 0.3) is 0 Å². The molecule has 0 saturated heterocycles. The fourth-order valence-corrected chi connectivity index (χ4v) is 2.15. The number of hydrogen-bond acceptors (Lipinski definition) is 4. The van der Waals surface area contributed by atoms with E-state index < -0.39 is 0 Å². The van der Waals surface area contributed by atoms with Gasteiger partial charge in [-0.1, -0.05) is 18.2 Å². The van der Waals surface area contributed by atoms with Crippen LogP contribution in [0.4, 0.5) is 11.4 Å². The number of rotatable bonds is 8. The Labute approximate surface area is 132 Å². The van der Waals surface area contributed by atoms with Gasteiger partial charge in [0.2, 0.25) is 0 Å². The monoisotopic (exact) mass is 300 g/mol. The van der Waals surface area contributed by atoms with Crippen LogP contribution >= 0.6 is 0 Å². The molecule has 0 aliphatic heterocycles. The Balaban J connectivity index is 1.81. The van der Waals surface area contributed by atoms with Crippen molar-refractivity contribution in [3.8, 4) is 11.5 Å². The molecule has 0 heterocycles. The molecule has 4 nitrogen and oxygen atoms in total. The predicted molar refractivity (Wildman–Crippen MR) is 92.2 cm³/mol. The van der Waals surface area contributed by atoms with Gasteiger partial charge in [0.05, 0.1) is 18.9 Å². The van der Waals surface area contributed by atoms with Crippen LogP contribution in [0.2, 0.25) is 0 Å². The number of hydrogen-bond donors (Lipinski definition) is 2. The van der Waals surface area contributed by atoms with Gasteiger partial charge in [0.15, 0.2) is 0 Å². The largest absolute Gasteiger partial charge is 0.495 e. The summed E-state index contributed by atoms with van der Waals surface area (Å²) in [6.07, 6.45) is 0.183. The average molecular weight is 300 g/mol. The average Bonchev–Trinajstić information content (AvgIpc) is 2.51.